The zero-order valence-electron chi connectivity index (χ0n) is 11.6. The van der Waals surface area contributed by atoms with Crippen molar-refractivity contribution in [2.45, 2.75) is 12.5 Å². The van der Waals surface area contributed by atoms with E-state index in [1.165, 1.54) is 11.8 Å². The Hall–Kier alpha value is -0.230. The molecule has 1 atom stereocenters. The Labute approximate surface area is 130 Å². The summed E-state index contributed by atoms with van der Waals surface area (Å²) in [4.78, 5) is 2.39. The molecule has 1 fully saturated rings. The largest absolute Gasteiger partial charge is 0.295 e. The molecule has 1 saturated heterocycles. The monoisotopic (exact) mass is 333 g/mol. The van der Waals surface area contributed by atoms with Gasteiger partial charge in [-0.05, 0) is 30.7 Å². The van der Waals surface area contributed by atoms with Gasteiger partial charge in [-0.1, -0.05) is 23.7 Å². The van der Waals surface area contributed by atoms with Crippen molar-refractivity contribution in [3.8, 4) is 0 Å². The maximum atomic E-state index is 11.2. The number of thioether (sulfide) groups is 1. The van der Waals surface area contributed by atoms with Crippen molar-refractivity contribution in [1.29, 1.82) is 0 Å². The molecule has 1 aromatic rings. The first-order chi connectivity index (χ1) is 9.46. The van der Waals surface area contributed by atoms with Crippen molar-refractivity contribution < 1.29 is 8.42 Å². The van der Waals surface area contributed by atoms with E-state index in [2.05, 4.69) is 17.0 Å². The van der Waals surface area contributed by atoms with Gasteiger partial charge >= 0.3 is 0 Å². The summed E-state index contributed by atoms with van der Waals surface area (Å²) < 4.78 is 22.4. The molecule has 1 aromatic carbocycles. The Bertz CT molecular complexity index is 531. The number of hydrogen-bond acceptors (Lipinski definition) is 4. The van der Waals surface area contributed by atoms with E-state index in [9.17, 15) is 8.42 Å². The first-order valence-corrected chi connectivity index (χ1v) is 10.3. The molecule has 6 heteroatoms. The molecule has 0 saturated carbocycles. The average molecular weight is 334 g/mol. The van der Waals surface area contributed by atoms with Crippen molar-refractivity contribution in [2.24, 2.45) is 0 Å². The fourth-order valence-corrected chi connectivity index (χ4v) is 4.36. The van der Waals surface area contributed by atoms with Gasteiger partial charge in [0.25, 0.3) is 0 Å². The lowest BCUT2D eigenvalue weighted by molar-refractivity contribution is 0.222. The van der Waals surface area contributed by atoms with Crippen molar-refractivity contribution in [3.63, 3.8) is 0 Å². The smallest absolute Gasteiger partial charge is 0.147 e. The molecule has 0 N–H and O–H groups in total. The first-order valence-electron chi connectivity index (χ1n) is 6.71. The molecule has 1 heterocycles. The second-order valence-electron chi connectivity index (χ2n) is 5.16. The zero-order valence-corrected chi connectivity index (χ0v) is 14.0. The highest BCUT2D eigenvalue weighted by molar-refractivity contribution is 7.99. The third kappa shape index (κ3) is 4.95. The van der Waals surface area contributed by atoms with Crippen LogP contribution in [0.5, 0.6) is 0 Å². The van der Waals surface area contributed by atoms with E-state index in [1.54, 1.807) is 0 Å². The lowest BCUT2D eigenvalue weighted by atomic mass is 10.1. The lowest BCUT2D eigenvalue weighted by Gasteiger charge is -2.35. The predicted molar refractivity (Wildman–Crippen MR) is 87.4 cm³/mol. The second-order valence-corrected chi connectivity index (χ2v) is 9.01. The molecule has 0 amide bonds. The van der Waals surface area contributed by atoms with Gasteiger partial charge in [-0.15, -0.1) is 0 Å². The summed E-state index contributed by atoms with van der Waals surface area (Å²) in [5.41, 5.74) is 1.26. The Morgan fingerprint density at radius 1 is 1.35 bits per heavy atom. The summed E-state index contributed by atoms with van der Waals surface area (Å²) in [6.45, 7) is 1.85. The molecular formula is C14H20ClNO2S2. The highest BCUT2D eigenvalue weighted by Gasteiger charge is 2.24. The Balaban J connectivity index is 2.00. The van der Waals surface area contributed by atoms with Crippen LogP contribution in [-0.2, 0) is 9.84 Å². The summed E-state index contributed by atoms with van der Waals surface area (Å²) >= 11 is 7.89. The van der Waals surface area contributed by atoms with Crippen molar-refractivity contribution >= 4 is 33.2 Å². The number of sulfone groups is 1. The molecule has 20 heavy (non-hydrogen) atoms. The van der Waals surface area contributed by atoms with Crippen LogP contribution in [-0.4, -0.2) is 49.9 Å². The molecule has 0 aliphatic carbocycles. The third-order valence-corrected chi connectivity index (χ3v) is 5.76. The molecule has 0 unspecified atom stereocenters. The number of halogens is 1. The molecule has 1 aliphatic heterocycles. The van der Waals surface area contributed by atoms with E-state index in [-0.39, 0.29) is 5.75 Å². The van der Waals surface area contributed by atoms with Crippen LogP contribution >= 0.6 is 23.4 Å². The van der Waals surface area contributed by atoms with E-state index >= 15 is 0 Å². The first kappa shape index (κ1) is 16.1. The van der Waals surface area contributed by atoms with Crippen LogP contribution in [0.2, 0.25) is 5.02 Å². The minimum Gasteiger partial charge on any atom is -0.295 e. The van der Waals surface area contributed by atoms with E-state index in [0.717, 1.165) is 29.6 Å². The van der Waals surface area contributed by atoms with Crippen LogP contribution < -0.4 is 0 Å². The molecule has 2 rings (SSSR count). The molecule has 3 nitrogen and oxygen atoms in total. The third-order valence-electron chi connectivity index (χ3n) is 3.45. The molecule has 0 bridgehead atoms. The summed E-state index contributed by atoms with van der Waals surface area (Å²) in [5.74, 6) is 2.44. The van der Waals surface area contributed by atoms with Gasteiger partial charge in [0.1, 0.15) is 9.84 Å². The molecule has 112 valence electrons. The van der Waals surface area contributed by atoms with E-state index in [0.29, 0.717) is 12.5 Å². The average Bonchev–Trinajstić information content (AvgIpc) is 2.39. The van der Waals surface area contributed by atoms with Crippen LogP contribution in [0, 0.1) is 0 Å². The van der Waals surface area contributed by atoms with Gasteiger partial charge in [0, 0.05) is 35.4 Å². The lowest BCUT2D eigenvalue weighted by Crippen LogP contribution is -2.37. The van der Waals surface area contributed by atoms with Gasteiger partial charge in [0.2, 0.25) is 0 Å². The Kier molecular flexibility index (Phi) is 5.78. The minimum absolute atomic E-state index is 0.268. The standard InChI is InChI=1S/C14H20ClNO2S2/c1-20(17,18)10-2-7-16-8-9-19-11-14(16)12-3-5-13(15)6-4-12/h3-6,14H,2,7-11H2,1H3/t14-/m1/s1. The zero-order chi connectivity index (χ0) is 14.6. The number of rotatable bonds is 5. The van der Waals surface area contributed by atoms with Gasteiger partial charge in [0.05, 0.1) is 5.75 Å². The van der Waals surface area contributed by atoms with Gasteiger partial charge < -0.3 is 0 Å². The maximum Gasteiger partial charge on any atom is 0.147 e. The highest BCUT2D eigenvalue weighted by Crippen LogP contribution is 2.30. The SMILES string of the molecule is CS(=O)(=O)CCCN1CCSC[C@@H]1c1ccc(Cl)cc1. The summed E-state index contributed by atoms with van der Waals surface area (Å²) in [6.07, 6.45) is 2.00. The summed E-state index contributed by atoms with van der Waals surface area (Å²) in [5, 5.41) is 0.751. The highest BCUT2D eigenvalue weighted by atomic mass is 35.5. The minimum atomic E-state index is -2.86. The summed E-state index contributed by atoms with van der Waals surface area (Å²) in [7, 11) is -2.86. The maximum absolute atomic E-state index is 11.2. The van der Waals surface area contributed by atoms with Gasteiger partial charge in [-0.2, -0.15) is 11.8 Å². The van der Waals surface area contributed by atoms with Gasteiger partial charge in [0.15, 0.2) is 0 Å². The molecule has 0 radical (unpaired) electrons. The number of hydrogen-bond donors (Lipinski definition) is 0. The quantitative estimate of drug-likeness (QED) is 0.830. The Morgan fingerprint density at radius 3 is 2.70 bits per heavy atom. The van der Waals surface area contributed by atoms with Gasteiger partial charge in [-0.3, -0.25) is 4.90 Å². The van der Waals surface area contributed by atoms with Crippen LogP contribution in [0.3, 0.4) is 0 Å². The van der Waals surface area contributed by atoms with Crippen LogP contribution in [0.15, 0.2) is 24.3 Å². The van der Waals surface area contributed by atoms with E-state index < -0.39 is 9.84 Å². The van der Waals surface area contributed by atoms with Crippen LogP contribution in [0.1, 0.15) is 18.0 Å². The fraction of sp³-hybridized carbons (Fsp3) is 0.571. The Morgan fingerprint density at radius 2 is 2.05 bits per heavy atom. The van der Waals surface area contributed by atoms with Gasteiger partial charge in [-0.25, -0.2) is 8.42 Å². The van der Waals surface area contributed by atoms with E-state index in [1.807, 2.05) is 23.9 Å². The molecule has 0 aromatic heterocycles. The predicted octanol–water partition coefficient (Wildman–Crippen LogP) is 2.86. The van der Waals surface area contributed by atoms with Crippen molar-refractivity contribution in [3.05, 3.63) is 34.9 Å². The van der Waals surface area contributed by atoms with Crippen molar-refractivity contribution in [1.82, 2.24) is 4.90 Å². The normalized spacial score (nSPS) is 21.0. The van der Waals surface area contributed by atoms with E-state index in [4.69, 9.17) is 11.6 Å². The van der Waals surface area contributed by atoms with Crippen LogP contribution in [0.25, 0.3) is 0 Å². The molecular weight excluding hydrogens is 314 g/mol. The molecule has 0 spiro atoms. The number of nitrogens with zero attached hydrogens (tertiary/aromatic N) is 1. The fourth-order valence-electron chi connectivity index (χ4n) is 2.43. The van der Waals surface area contributed by atoms with Crippen LogP contribution in [0.4, 0.5) is 0 Å². The van der Waals surface area contributed by atoms with Crippen molar-refractivity contribution in [2.75, 3.05) is 36.6 Å². The summed E-state index contributed by atoms with van der Waals surface area (Å²) in [6, 6.07) is 8.35. The number of benzene rings is 1. The molecule has 1 aliphatic rings. The topological polar surface area (TPSA) is 37.4 Å². The second kappa shape index (κ2) is 7.16.